The molecule has 1 heterocycles. The molecule has 2 unspecified atom stereocenters. The molecule has 1 aliphatic heterocycles. The Labute approximate surface area is 120 Å². The monoisotopic (exact) mass is 276 g/mol. The van der Waals surface area contributed by atoms with E-state index in [0.29, 0.717) is 11.6 Å². The number of carbonyl (C=O) groups is 1. The molecule has 0 bridgehead atoms. The van der Waals surface area contributed by atoms with Gasteiger partial charge in [-0.2, -0.15) is 0 Å². The first-order valence-electron chi connectivity index (χ1n) is 7.31. The molecule has 20 heavy (non-hydrogen) atoms. The summed E-state index contributed by atoms with van der Waals surface area (Å²) in [6, 6.07) is 7.72. The molecule has 2 atom stereocenters. The van der Waals surface area contributed by atoms with Gasteiger partial charge < -0.3 is 15.8 Å². The van der Waals surface area contributed by atoms with E-state index in [-0.39, 0.29) is 17.9 Å². The Morgan fingerprint density at radius 3 is 2.70 bits per heavy atom. The van der Waals surface area contributed by atoms with Crippen LogP contribution in [0.2, 0.25) is 0 Å². The smallest absolute Gasteiger partial charge is 0.227 e. The minimum atomic E-state index is -0.180. The van der Waals surface area contributed by atoms with Gasteiger partial charge >= 0.3 is 0 Å². The van der Waals surface area contributed by atoms with Crippen LogP contribution in [-0.4, -0.2) is 25.2 Å². The molecule has 0 aliphatic carbocycles. The summed E-state index contributed by atoms with van der Waals surface area (Å²) in [6.45, 7) is 5.60. The summed E-state index contributed by atoms with van der Waals surface area (Å²) in [6.07, 6.45) is 2.04. The minimum Gasteiger partial charge on any atom is -0.399 e. The zero-order valence-electron chi connectivity index (χ0n) is 12.3. The zero-order valence-corrected chi connectivity index (χ0v) is 12.3. The number of rotatable bonds is 4. The van der Waals surface area contributed by atoms with E-state index in [0.717, 1.165) is 31.6 Å². The van der Waals surface area contributed by atoms with Crippen molar-refractivity contribution in [2.24, 2.45) is 5.92 Å². The third-order valence-electron chi connectivity index (χ3n) is 4.15. The summed E-state index contributed by atoms with van der Waals surface area (Å²) >= 11 is 0. The Hall–Kier alpha value is -1.55. The quantitative estimate of drug-likeness (QED) is 0.829. The Bertz CT molecular complexity index is 456. The van der Waals surface area contributed by atoms with E-state index in [2.05, 4.69) is 12.2 Å². The van der Waals surface area contributed by atoms with Gasteiger partial charge in [-0.05, 0) is 50.3 Å². The van der Waals surface area contributed by atoms with Gasteiger partial charge in [0, 0.05) is 24.9 Å². The molecule has 1 fully saturated rings. The van der Waals surface area contributed by atoms with Gasteiger partial charge in [-0.15, -0.1) is 0 Å². The van der Waals surface area contributed by atoms with Crippen molar-refractivity contribution < 1.29 is 9.53 Å². The van der Waals surface area contributed by atoms with Gasteiger partial charge in [0.2, 0.25) is 5.91 Å². The molecule has 110 valence electrons. The molecular formula is C16H24N2O2. The average molecular weight is 276 g/mol. The highest BCUT2D eigenvalue weighted by Gasteiger charge is 2.24. The highest BCUT2D eigenvalue weighted by molar-refractivity contribution is 5.83. The molecule has 0 radical (unpaired) electrons. The standard InChI is InChI=1S/C16H24N2O2/c1-11(14-4-3-5-15(17)10-14)16(19)18-12(2)13-6-8-20-9-7-13/h3-5,10-13H,6-9,17H2,1-2H3,(H,18,19). The third-order valence-corrected chi connectivity index (χ3v) is 4.15. The van der Waals surface area contributed by atoms with Crippen LogP contribution in [0.25, 0.3) is 0 Å². The summed E-state index contributed by atoms with van der Waals surface area (Å²) in [4.78, 5) is 12.3. The fourth-order valence-corrected chi connectivity index (χ4v) is 2.66. The zero-order chi connectivity index (χ0) is 14.5. The molecule has 3 N–H and O–H groups in total. The van der Waals surface area contributed by atoms with E-state index in [1.54, 1.807) is 0 Å². The van der Waals surface area contributed by atoms with E-state index in [1.807, 2.05) is 31.2 Å². The molecule has 4 nitrogen and oxygen atoms in total. The van der Waals surface area contributed by atoms with Crippen LogP contribution in [0.5, 0.6) is 0 Å². The van der Waals surface area contributed by atoms with Crippen molar-refractivity contribution in [2.45, 2.75) is 38.6 Å². The predicted molar refractivity (Wildman–Crippen MR) is 80.4 cm³/mol. The summed E-state index contributed by atoms with van der Waals surface area (Å²) in [5.41, 5.74) is 7.42. The number of anilines is 1. The maximum Gasteiger partial charge on any atom is 0.227 e. The molecule has 4 heteroatoms. The lowest BCUT2D eigenvalue weighted by molar-refractivity contribution is -0.123. The van der Waals surface area contributed by atoms with Gasteiger partial charge in [0.15, 0.2) is 0 Å². The lowest BCUT2D eigenvalue weighted by atomic mass is 9.92. The maximum atomic E-state index is 12.3. The fourth-order valence-electron chi connectivity index (χ4n) is 2.66. The number of amides is 1. The van der Waals surface area contributed by atoms with Gasteiger partial charge in [0.25, 0.3) is 0 Å². The Morgan fingerprint density at radius 2 is 2.05 bits per heavy atom. The van der Waals surface area contributed by atoms with Crippen molar-refractivity contribution in [3.8, 4) is 0 Å². The van der Waals surface area contributed by atoms with Crippen molar-refractivity contribution >= 4 is 11.6 Å². The molecule has 1 aliphatic rings. The molecule has 1 aromatic rings. The van der Waals surface area contributed by atoms with Crippen LogP contribution in [0, 0.1) is 5.92 Å². The van der Waals surface area contributed by atoms with E-state index >= 15 is 0 Å². The summed E-state index contributed by atoms with van der Waals surface area (Å²) in [5.74, 6) is 0.399. The van der Waals surface area contributed by atoms with Crippen LogP contribution in [-0.2, 0) is 9.53 Å². The lowest BCUT2D eigenvalue weighted by Gasteiger charge is -2.29. The molecule has 1 amide bonds. The Kier molecular flexibility index (Phi) is 5.01. The second kappa shape index (κ2) is 6.75. The average Bonchev–Trinajstić information content (AvgIpc) is 2.47. The topological polar surface area (TPSA) is 64.3 Å². The number of hydrogen-bond acceptors (Lipinski definition) is 3. The number of nitrogen functional groups attached to an aromatic ring is 1. The van der Waals surface area contributed by atoms with E-state index in [9.17, 15) is 4.79 Å². The number of nitrogens with two attached hydrogens (primary N) is 1. The maximum absolute atomic E-state index is 12.3. The van der Waals surface area contributed by atoms with Crippen molar-refractivity contribution in [3.63, 3.8) is 0 Å². The number of benzene rings is 1. The van der Waals surface area contributed by atoms with E-state index in [1.165, 1.54) is 0 Å². The largest absolute Gasteiger partial charge is 0.399 e. The fraction of sp³-hybridized carbons (Fsp3) is 0.562. The van der Waals surface area contributed by atoms with Crippen LogP contribution in [0.4, 0.5) is 5.69 Å². The number of carbonyl (C=O) groups excluding carboxylic acids is 1. The minimum absolute atomic E-state index is 0.0644. The van der Waals surface area contributed by atoms with E-state index < -0.39 is 0 Å². The van der Waals surface area contributed by atoms with Crippen LogP contribution in [0.3, 0.4) is 0 Å². The van der Waals surface area contributed by atoms with Crippen LogP contribution < -0.4 is 11.1 Å². The SMILES string of the molecule is CC(C(=O)NC(C)C1CCOCC1)c1cccc(N)c1. The van der Waals surface area contributed by atoms with Crippen molar-refractivity contribution in [3.05, 3.63) is 29.8 Å². The van der Waals surface area contributed by atoms with Crippen molar-refractivity contribution in [1.82, 2.24) is 5.32 Å². The van der Waals surface area contributed by atoms with Crippen LogP contribution >= 0.6 is 0 Å². The van der Waals surface area contributed by atoms with Crippen LogP contribution in [0.1, 0.15) is 38.2 Å². The molecular weight excluding hydrogens is 252 g/mol. The predicted octanol–water partition coefficient (Wildman–Crippen LogP) is 2.30. The second-order valence-corrected chi connectivity index (χ2v) is 5.64. The Morgan fingerprint density at radius 1 is 1.35 bits per heavy atom. The Balaban J connectivity index is 1.93. The molecule has 1 saturated heterocycles. The van der Waals surface area contributed by atoms with Gasteiger partial charge in [0.1, 0.15) is 0 Å². The van der Waals surface area contributed by atoms with Gasteiger partial charge in [0.05, 0.1) is 5.92 Å². The van der Waals surface area contributed by atoms with Crippen molar-refractivity contribution in [1.29, 1.82) is 0 Å². The molecule has 1 aromatic carbocycles. The summed E-state index contributed by atoms with van der Waals surface area (Å²) < 4.78 is 5.36. The summed E-state index contributed by atoms with van der Waals surface area (Å²) in [5, 5.41) is 3.13. The number of nitrogens with one attached hydrogen (secondary N) is 1. The van der Waals surface area contributed by atoms with Crippen LogP contribution in [0.15, 0.2) is 24.3 Å². The second-order valence-electron chi connectivity index (χ2n) is 5.64. The van der Waals surface area contributed by atoms with E-state index in [4.69, 9.17) is 10.5 Å². The molecule has 0 aromatic heterocycles. The first-order chi connectivity index (χ1) is 9.58. The number of hydrogen-bond donors (Lipinski definition) is 2. The van der Waals surface area contributed by atoms with Crippen molar-refractivity contribution in [2.75, 3.05) is 18.9 Å². The number of ether oxygens (including phenoxy) is 1. The van der Waals surface area contributed by atoms with Gasteiger partial charge in [-0.1, -0.05) is 12.1 Å². The van der Waals surface area contributed by atoms with Gasteiger partial charge in [-0.25, -0.2) is 0 Å². The molecule has 0 spiro atoms. The third kappa shape index (κ3) is 3.73. The first-order valence-corrected chi connectivity index (χ1v) is 7.31. The lowest BCUT2D eigenvalue weighted by Crippen LogP contribution is -2.42. The van der Waals surface area contributed by atoms with Gasteiger partial charge in [-0.3, -0.25) is 4.79 Å². The molecule has 2 rings (SSSR count). The highest BCUT2D eigenvalue weighted by Crippen LogP contribution is 2.21. The normalized spacial score (nSPS) is 19.3. The highest BCUT2D eigenvalue weighted by atomic mass is 16.5. The summed E-state index contributed by atoms with van der Waals surface area (Å²) in [7, 11) is 0. The first kappa shape index (κ1) is 14.9. The molecule has 0 saturated carbocycles.